The van der Waals surface area contributed by atoms with Gasteiger partial charge in [0.15, 0.2) is 5.78 Å². The van der Waals surface area contributed by atoms with Crippen LogP contribution in [0.25, 0.3) is 22.2 Å². The second-order valence-electron chi connectivity index (χ2n) is 9.47. The number of fused-ring (bicyclic) bond motifs is 1. The van der Waals surface area contributed by atoms with E-state index in [0.29, 0.717) is 11.3 Å². The number of nitrogens with zero attached hydrogens (tertiary/aromatic N) is 7. The minimum absolute atomic E-state index is 0.0158. The Morgan fingerprint density at radius 3 is 2.64 bits per heavy atom. The standard InChI is InChI=1S/C27H30N8O/c1-18(2)32-26-17-28-15-24(33-26)21-10-20-11-22(30-16-23(20)31-14-21)13-25(36)19-4-5-29-27(12-19)35-8-6-34(3)7-9-35/h4-5,10-12,14-18H,6-9,13H2,1-3H3,(H,32,33). The number of rotatable bonds is 7. The number of anilines is 2. The predicted molar refractivity (Wildman–Crippen MR) is 141 cm³/mol. The number of carbonyl (C=O) groups is 1. The molecule has 0 amide bonds. The quantitative estimate of drug-likeness (QED) is 0.397. The van der Waals surface area contributed by atoms with E-state index in [1.807, 2.05) is 18.2 Å². The molecule has 4 aromatic rings. The lowest BCUT2D eigenvalue weighted by Gasteiger charge is -2.33. The Labute approximate surface area is 210 Å². The SMILES string of the molecule is CC(C)Nc1cncc(-c2cnc3cnc(CC(=O)c4ccnc(N5CCN(C)CC5)c4)cc3c2)n1. The van der Waals surface area contributed by atoms with Crippen molar-refractivity contribution < 1.29 is 4.79 Å². The van der Waals surface area contributed by atoms with Crippen molar-refractivity contribution in [2.24, 2.45) is 0 Å². The van der Waals surface area contributed by atoms with Gasteiger partial charge >= 0.3 is 0 Å². The molecule has 5 rings (SSSR count). The highest BCUT2D eigenvalue weighted by Crippen LogP contribution is 2.23. The third-order valence-electron chi connectivity index (χ3n) is 6.23. The van der Waals surface area contributed by atoms with Crippen molar-refractivity contribution in [3.8, 4) is 11.3 Å². The minimum Gasteiger partial charge on any atom is -0.367 e. The third-order valence-corrected chi connectivity index (χ3v) is 6.23. The van der Waals surface area contributed by atoms with E-state index in [0.717, 1.165) is 60.0 Å². The first-order valence-electron chi connectivity index (χ1n) is 12.2. The molecule has 1 N–H and O–H groups in total. The number of carbonyl (C=O) groups excluding carboxylic acids is 1. The number of piperazine rings is 1. The van der Waals surface area contributed by atoms with Crippen molar-refractivity contribution in [2.75, 3.05) is 43.4 Å². The molecule has 0 aromatic carbocycles. The molecule has 1 saturated heterocycles. The Bertz CT molecular complexity index is 1380. The Balaban J connectivity index is 1.35. The zero-order chi connectivity index (χ0) is 25.1. The van der Waals surface area contributed by atoms with Gasteiger partial charge < -0.3 is 15.1 Å². The lowest BCUT2D eigenvalue weighted by Crippen LogP contribution is -2.44. The van der Waals surface area contributed by atoms with Crippen molar-refractivity contribution in [3.63, 3.8) is 0 Å². The summed E-state index contributed by atoms with van der Waals surface area (Å²) in [5, 5.41) is 4.18. The maximum atomic E-state index is 13.1. The van der Waals surface area contributed by atoms with Gasteiger partial charge in [-0.25, -0.2) is 9.97 Å². The molecule has 36 heavy (non-hydrogen) atoms. The van der Waals surface area contributed by atoms with Crippen LogP contribution in [0, 0.1) is 0 Å². The fourth-order valence-electron chi connectivity index (χ4n) is 4.25. The molecule has 0 saturated carbocycles. The Kier molecular flexibility index (Phi) is 6.81. The van der Waals surface area contributed by atoms with Gasteiger partial charge in [0, 0.05) is 66.8 Å². The molecule has 0 atom stereocenters. The minimum atomic E-state index is 0.0158. The van der Waals surface area contributed by atoms with Crippen LogP contribution >= 0.6 is 0 Å². The summed E-state index contributed by atoms with van der Waals surface area (Å²) < 4.78 is 0. The van der Waals surface area contributed by atoms with Gasteiger partial charge in [0.25, 0.3) is 0 Å². The van der Waals surface area contributed by atoms with Crippen LogP contribution in [0.4, 0.5) is 11.6 Å². The summed E-state index contributed by atoms with van der Waals surface area (Å²) in [7, 11) is 2.12. The number of likely N-dealkylation sites (N-methyl/N-ethyl adjacent to an activating group) is 1. The molecule has 0 unspecified atom stereocenters. The molecular weight excluding hydrogens is 452 g/mol. The van der Waals surface area contributed by atoms with Crippen molar-refractivity contribution in [3.05, 3.63) is 66.5 Å². The van der Waals surface area contributed by atoms with Crippen molar-refractivity contribution in [1.29, 1.82) is 0 Å². The van der Waals surface area contributed by atoms with Crippen molar-refractivity contribution in [1.82, 2.24) is 29.8 Å². The maximum Gasteiger partial charge on any atom is 0.169 e. The molecular formula is C27H30N8O. The molecule has 4 aromatic heterocycles. The smallest absolute Gasteiger partial charge is 0.169 e. The summed E-state index contributed by atoms with van der Waals surface area (Å²) in [5.74, 6) is 1.59. The normalized spacial score (nSPS) is 14.4. The van der Waals surface area contributed by atoms with E-state index in [9.17, 15) is 4.79 Å². The first-order chi connectivity index (χ1) is 17.4. The number of nitrogens with one attached hydrogen (secondary N) is 1. The predicted octanol–water partition coefficient (Wildman–Crippen LogP) is 3.48. The van der Waals surface area contributed by atoms with Gasteiger partial charge in [-0.15, -0.1) is 0 Å². The van der Waals surface area contributed by atoms with E-state index in [1.54, 1.807) is 37.1 Å². The van der Waals surface area contributed by atoms with Gasteiger partial charge in [-0.2, -0.15) is 0 Å². The maximum absolute atomic E-state index is 13.1. The van der Waals surface area contributed by atoms with Gasteiger partial charge in [-0.1, -0.05) is 0 Å². The molecule has 9 nitrogen and oxygen atoms in total. The largest absolute Gasteiger partial charge is 0.367 e. The summed E-state index contributed by atoms with van der Waals surface area (Å²) in [6, 6.07) is 7.87. The number of hydrogen-bond acceptors (Lipinski definition) is 9. The van der Waals surface area contributed by atoms with E-state index in [2.05, 4.69) is 60.9 Å². The molecule has 1 fully saturated rings. The molecule has 0 radical (unpaired) electrons. The summed E-state index contributed by atoms with van der Waals surface area (Å²) in [6.45, 7) is 7.90. The molecule has 0 aliphatic carbocycles. The third kappa shape index (κ3) is 5.46. The Morgan fingerprint density at radius 2 is 1.83 bits per heavy atom. The molecule has 1 aliphatic heterocycles. The van der Waals surface area contributed by atoms with Crippen LogP contribution in [0.1, 0.15) is 29.9 Å². The molecule has 184 valence electrons. The van der Waals surface area contributed by atoms with E-state index in [1.165, 1.54) is 0 Å². The number of pyridine rings is 3. The summed E-state index contributed by atoms with van der Waals surface area (Å²) in [4.78, 5) is 40.1. The lowest BCUT2D eigenvalue weighted by atomic mass is 10.1. The molecule has 0 bridgehead atoms. The monoisotopic (exact) mass is 482 g/mol. The molecule has 1 aliphatic rings. The van der Waals surface area contributed by atoms with Gasteiger partial charge in [-0.3, -0.25) is 19.7 Å². The molecule has 5 heterocycles. The lowest BCUT2D eigenvalue weighted by molar-refractivity contribution is 0.0992. The van der Waals surface area contributed by atoms with Crippen LogP contribution in [0.15, 0.2) is 55.2 Å². The molecule has 0 spiro atoms. The van der Waals surface area contributed by atoms with E-state index >= 15 is 0 Å². The second kappa shape index (κ2) is 10.3. The first kappa shape index (κ1) is 23.7. The van der Waals surface area contributed by atoms with Crippen LogP contribution in [0.5, 0.6) is 0 Å². The average molecular weight is 483 g/mol. The fourth-order valence-corrected chi connectivity index (χ4v) is 4.25. The highest BCUT2D eigenvalue weighted by atomic mass is 16.1. The zero-order valence-electron chi connectivity index (χ0n) is 20.8. The number of aromatic nitrogens is 5. The van der Waals surface area contributed by atoms with E-state index in [-0.39, 0.29) is 18.2 Å². The highest BCUT2D eigenvalue weighted by molar-refractivity contribution is 5.98. The zero-order valence-corrected chi connectivity index (χ0v) is 20.8. The Hall–Kier alpha value is -3.98. The number of Topliss-reactive ketones (excluding diaryl/α,β-unsaturated/α-hetero) is 1. The van der Waals surface area contributed by atoms with Crippen molar-refractivity contribution in [2.45, 2.75) is 26.3 Å². The van der Waals surface area contributed by atoms with Crippen LogP contribution in [-0.2, 0) is 6.42 Å². The van der Waals surface area contributed by atoms with Gasteiger partial charge in [0.05, 0.1) is 36.2 Å². The van der Waals surface area contributed by atoms with Gasteiger partial charge in [-0.05, 0) is 45.2 Å². The topological polar surface area (TPSA) is 100 Å². The highest BCUT2D eigenvalue weighted by Gasteiger charge is 2.17. The van der Waals surface area contributed by atoms with E-state index in [4.69, 9.17) is 0 Å². The van der Waals surface area contributed by atoms with Crippen LogP contribution in [0.3, 0.4) is 0 Å². The van der Waals surface area contributed by atoms with Gasteiger partial charge in [0.2, 0.25) is 0 Å². The summed E-state index contributed by atoms with van der Waals surface area (Å²) in [6.07, 6.45) is 8.84. The molecule has 9 heteroatoms. The number of ketones is 1. The van der Waals surface area contributed by atoms with Crippen LogP contribution < -0.4 is 10.2 Å². The summed E-state index contributed by atoms with van der Waals surface area (Å²) >= 11 is 0. The second-order valence-corrected chi connectivity index (χ2v) is 9.47. The summed E-state index contributed by atoms with van der Waals surface area (Å²) in [5.41, 5.74) is 3.71. The average Bonchev–Trinajstić information content (AvgIpc) is 2.88. The van der Waals surface area contributed by atoms with Crippen molar-refractivity contribution >= 4 is 28.3 Å². The van der Waals surface area contributed by atoms with Gasteiger partial charge in [0.1, 0.15) is 11.6 Å². The van der Waals surface area contributed by atoms with Crippen LogP contribution in [-0.4, -0.2) is 74.9 Å². The number of hydrogen-bond donors (Lipinski definition) is 1. The first-order valence-corrected chi connectivity index (χ1v) is 12.2. The Morgan fingerprint density at radius 1 is 1.00 bits per heavy atom. The fraction of sp³-hybridized carbons (Fsp3) is 0.333. The van der Waals surface area contributed by atoms with E-state index < -0.39 is 0 Å². The van der Waals surface area contributed by atoms with Crippen LogP contribution in [0.2, 0.25) is 0 Å².